The van der Waals surface area contributed by atoms with Gasteiger partial charge in [0.15, 0.2) is 0 Å². The van der Waals surface area contributed by atoms with Crippen LogP contribution in [0.25, 0.3) is 0 Å². The second-order valence-corrected chi connectivity index (χ2v) is 9.09. The van der Waals surface area contributed by atoms with Crippen LogP contribution in [0, 0.1) is 29.1 Å². The van der Waals surface area contributed by atoms with Gasteiger partial charge in [0.05, 0.1) is 5.60 Å². The molecule has 0 heterocycles. The van der Waals surface area contributed by atoms with Gasteiger partial charge in [-0.05, 0) is 75.0 Å². The summed E-state index contributed by atoms with van der Waals surface area (Å²) in [5.74, 6) is 1.25. The van der Waals surface area contributed by atoms with Crippen molar-refractivity contribution < 1.29 is 14.3 Å². The average molecular weight is 308 g/mol. The second-order valence-electron chi connectivity index (χ2n) is 9.09. The number of ketones is 1. The molecule has 0 amide bonds. The highest BCUT2D eigenvalue weighted by Gasteiger charge is 2.64. The van der Waals surface area contributed by atoms with Gasteiger partial charge in [0, 0.05) is 18.8 Å². The van der Waals surface area contributed by atoms with E-state index in [2.05, 4.69) is 6.92 Å². The summed E-state index contributed by atoms with van der Waals surface area (Å²) >= 11 is 0. The molecule has 4 aliphatic rings. The molecule has 7 atom stereocenters. The molecule has 2 nitrogen and oxygen atoms in total. The largest absolute Gasteiger partial charge is 0.390 e. The first-order chi connectivity index (χ1) is 10.3. The van der Waals surface area contributed by atoms with Crippen molar-refractivity contribution >= 4 is 5.78 Å². The normalized spacial score (nSPS) is 57.9. The summed E-state index contributed by atoms with van der Waals surface area (Å²) in [6, 6.07) is 0. The molecule has 124 valence electrons. The first-order valence-corrected chi connectivity index (χ1v) is 9.21. The van der Waals surface area contributed by atoms with E-state index in [1.165, 1.54) is 0 Å². The highest BCUT2D eigenvalue weighted by Crippen LogP contribution is 2.66. The maximum atomic E-state index is 15.9. The fourth-order valence-corrected chi connectivity index (χ4v) is 6.83. The van der Waals surface area contributed by atoms with Gasteiger partial charge >= 0.3 is 0 Å². The molecule has 0 aromatic carbocycles. The average Bonchev–Trinajstić information content (AvgIpc) is 2.70. The topological polar surface area (TPSA) is 37.3 Å². The van der Waals surface area contributed by atoms with Gasteiger partial charge in [0.2, 0.25) is 0 Å². The summed E-state index contributed by atoms with van der Waals surface area (Å²) < 4.78 is 15.9. The van der Waals surface area contributed by atoms with Crippen LogP contribution in [0.1, 0.15) is 71.6 Å². The summed E-state index contributed by atoms with van der Waals surface area (Å²) in [5, 5.41) is 10.8. The van der Waals surface area contributed by atoms with Gasteiger partial charge in [-0.2, -0.15) is 0 Å². The molecule has 22 heavy (non-hydrogen) atoms. The fourth-order valence-electron chi connectivity index (χ4n) is 6.83. The summed E-state index contributed by atoms with van der Waals surface area (Å²) in [4.78, 5) is 11.7. The van der Waals surface area contributed by atoms with Crippen molar-refractivity contribution in [1.29, 1.82) is 0 Å². The minimum atomic E-state index is -1.10. The van der Waals surface area contributed by atoms with Crippen LogP contribution in [0.15, 0.2) is 0 Å². The Hall–Kier alpha value is -0.440. The van der Waals surface area contributed by atoms with Gasteiger partial charge in [-0.3, -0.25) is 4.79 Å². The van der Waals surface area contributed by atoms with Crippen molar-refractivity contribution in [1.82, 2.24) is 0 Å². The molecule has 4 saturated carbocycles. The number of halogens is 1. The first kappa shape index (κ1) is 15.1. The smallest absolute Gasteiger partial charge is 0.133 e. The third kappa shape index (κ3) is 1.78. The van der Waals surface area contributed by atoms with E-state index in [-0.39, 0.29) is 23.0 Å². The third-order valence-corrected chi connectivity index (χ3v) is 8.40. The predicted octanol–water partition coefficient (Wildman–Crippen LogP) is 4.05. The molecule has 4 aliphatic carbocycles. The highest BCUT2D eigenvalue weighted by molar-refractivity contribution is 5.79. The predicted molar refractivity (Wildman–Crippen MR) is 83.1 cm³/mol. The van der Waals surface area contributed by atoms with Crippen LogP contribution in [0.2, 0.25) is 0 Å². The molecule has 0 spiro atoms. The van der Waals surface area contributed by atoms with Crippen LogP contribution in [0.3, 0.4) is 0 Å². The minimum absolute atomic E-state index is 0.0266. The molecular formula is C19H29FO2. The molecule has 3 heteroatoms. The lowest BCUT2D eigenvalue weighted by atomic mass is 9.48. The zero-order valence-corrected chi connectivity index (χ0v) is 13.9. The molecule has 7 unspecified atom stereocenters. The van der Waals surface area contributed by atoms with Crippen molar-refractivity contribution in [3.63, 3.8) is 0 Å². The quantitative estimate of drug-likeness (QED) is 0.733. The van der Waals surface area contributed by atoms with Crippen LogP contribution in [-0.2, 0) is 4.79 Å². The maximum absolute atomic E-state index is 15.9. The number of hydrogen-bond donors (Lipinski definition) is 1. The molecule has 4 rings (SSSR count). The Bertz CT molecular complexity index is 502. The number of rotatable bonds is 0. The monoisotopic (exact) mass is 308 g/mol. The highest BCUT2D eigenvalue weighted by atomic mass is 19.1. The van der Waals surface area contributed by atoms with Crippen molar-refractivity contribution in [2.45, 2.75) is 82.9 Å². The Morgan fingerprint density at radius 2 is 1.77 bits per heavy atom. The van der Waals surface area contributed by atoms with Crippen LogP contribution >= 0.6 is 0 Å². The number of carbonyl (C=O) groups is 1. The van der Waals surface area contributed by atoms with Gasteiger partial charge in [0.25, 0.3) is 0 Å². The summed E-state index contributed by atoms with van der Waals surface area (Å²) in [7, 11) is 0. The van der Waals surface area contributed by atoms with E-state index < -0.39 is 11.3 Å². The number of alkyl halides is 1. The Labute approximate surface area is 132 Å². The zero-order chi connectivity index (χ0) is 15.8. The molecule has 0 radical (unpaired) electrons. The SMILES string of the molecule is CC1(O)CCC2C3CCC4CC(=O)CCC4(F)C3CCC21C. The van der Waals surface area contributed by atoms with E-state index in [1.54, 1.807) is 0 Å². The molecule has 0 aromatic rings. The molecule has 0 aliphatic heterocycles. The van der Waals surface area contributed by atoms with Gasteiger partial charge in [-0.1, -0.05) is 6.92 Å². The molecule has 4 fully saturated rings. The van der Waals surface area contributed by atoms with Crippen LogP contribution < -0.4 is 0 Å². The molecule has 1 N–H and O–H groups in total. The van der Waals surface area contributed by atoms with Crippen LogP contribution in [0.4, 0.5) is 4.39 Å². The molecule has 0 saturated heterocycles. The van der Waals surface area contributed by atoms with Crippen LogP contribution in [-0.4, -0.2) is 22.2 Å². The standard InChI is InChI=1S/C19H29FO2/c1-17-8-6-16-14(15(17)7-9-18(17,2)22)4-3-12-11-13(21)5-10-19(12,16)20/h12,14-16,22H,3-11H2,1-2H3. The lowest BCUT2D eigenvalue weighted by molar-refractivity contribution is -0.163. The Morgan fingerprint density at radius 1 is 1.05 bits per heavy atom. The van der Waals surface area contributed by atoms with E-state index in [9.17, 15) is 9.90 Å². The van der Waals surface area contributed by atoms with Crippen molar-refractivity contribution in [2.24, 2.45) is 29.1 Å². The maximum Gasteiger partial charge on any atom is 0.133 e. The van der Waals surface area contributed by atoms with E-state index in [0.717, 1.165) is 38.5 Å². The van der Waals surface area contributed by atoms with E-state index in [4.69, 9.17) is 0 Å². The van der Waals surface area contributed by atoms with Gasteiger partial charge < -0.3 is 5.11 Å². The van der Waals surface area contributed by atoms with Crippen molar-refractivity contribution in [3.8, 4) is 0 Å². The van der Waals surface area contributed by atoms with Gasteiger partial charge in [-0.15, -0.1) is 0 Å². The lowest BCUT2D eigenvalue weighted by Crippen LogP contribution is -2.58. The Kier molecular flexibility index (Phi) is 3.13. The van der Waals surface area contributed by atoms with Gasteiger partial charge in [-0.25, -0.2) is 4.39 Å². The van der Waals surface area contributed by atoms with E-state index in [1.807, 2.05) is 6.92 Å². The third-order valence-electron chi connectivity index (χ3n) is 8.40. The lowest BCUT2D eigenvalue weighted by Gasteiger charge is -2.58. The van der Waals surface area contributed by atoms with Crippen molar-refractivity contribution in [3.05, 3.63) is 0 Å². The molecular weight excluding hydrogens is 279 g/mol. The number of hydrogen-bond acceptors (Lipinski definition) is 2. The number of fused-ring (bicyclic) bond motifs is 5. The Morgan fingerprint density at radius 3 is 2.55 bits per heavy atom. The Balaban J connectivity index is 1.65. The van der Waals surface area contributed by atoms with E-state index in [0.29, 0.717) is 31.1 Å². The molecule has 0 bridgehead atoms. The first-order valence-electron chi connectivity index (χ1n) is 9.21. The number of aliphatic hydroxyl groups is 1. The van der Waals surface area contributed by atoms with Crippen LogP contribution in [0.5, 0.6) is 0 Å². The minimum Gasteiger partial charge on any atom is -0.390 e. The second kappa shape index (κ2) is 4.55. The van der Waals surface area contributed by atoms with E-state index >= 15 is 4.39 Å². The molecule has 0 aromatic heterocycles. The summed E-state index contributed by atoms with van der Waals surface area (Å²) in [6.07, 6.45) is 7.05. The fraction of sp³-hybridized carbons (Fsp3) is 0.947. The zero-order valence-electron chi connectivity index (χ0n) is 13.9. The summed E-state index contributed by atoms with van der Waals surface area (Å²) in [5.41, 5.74) is -1.74. The van der Waals surface area contributed by atoms with Gasteiger partial charge in [0.1, 0.15) is 11.5 Å². The van der Waals surface area contributed by atoms with Crippen molar-refractivity contribution in [2.75, 3.05) is 0 Å². The summed E-state index contributed by atoms with van der Waals surface area (Å²) in [6.45, 7) is 4.23. The number of carbonyl (C=O) groups excluding carboxylic acids is 1. The number of Topliss-reactive ketones (excluding diaryl/α,β-unsaturated/α-hetero) is 1.